The van der Waals surface area contributed by atoms with Crippen LogP contribution in [0.15, 0.2) is 48.9 Å². The number of rotatable bonds is 6. The predicted octanol–water partition coefficient (Wildman–Crippen LogP) is 1.74. The Morgan fingerprint density at radius 2 is 2.04 bits per heavy atom. The summed E-state index contributed by atoms with van der Waals surface area (Å²) in [4.78, 5) is 22.5. The number of hydrogen-bond donors (Lipinski definition) is 0. The summed E-state index contributed by atoms with van der Waals surface area (Å²) in [6.07, 6.45) is 5.19. The summed E-state index contributed by atoms with van der Waals surface area (Å²) in [5.41, 5.74) is 0.994. The van der Waals surface area contributed by atoms with Gasteiger partial charge in [-0.3, -0.25) is 14.8 Å². The van der Waals surface area contributed by atoms with E-state index >= 15 is 0 Å². The number of carbonyl (C=O) groups excluding carboxylic acids is 1. The molecule has 1 amide bonds. The van der Waals surface area contributed by atoms with Crippen LogP contribution in [0.5, 0.6) is 5.75 Å². The number of aromatic nitrogens is 2. The van der Waals surface area contributed by atoms with E-state index in [9.17, 15) is 4.79 Å². The second-order valence-electron chi connectivity index (χ2n) is 5.85. The summed E-state index contributed by atoms with van der Waals surface area (Å²) in [6.45, 7) is 1.92. The molecule has 0 radical (unpaired) electrons. The summed E-state index contributed by atoms with van der Waals surface area (Å²) >= 11 is 0. The first-order valence-electron chi connectivity index (χ1n) is 7.98. The van der Waals surface area contributed by atoms with Crippen LogP contribution < -0.4 is 4.74 Å². The molecule has 1 aliphatic heterocycles. The minimum Gasteiger partial charge on any atom is -0.493 e. The summed E-state index contributed by atoms with van der Waals surface area (Å²) < 4.78 is 10.9. The highest BCUT2D eigenvalue weighted by atomic mass is 16.5. The summed E-state index contributed by atoms with van der Waals surface area (Å²) in [5, 5.41) is 0. The summed E-state index contributed by atoms with van der Waals surface area (Å²) in [6, 6.07) is 9.54. The number of amides is 1. The molecule has 0 saturated carbocycles. The third-order valence-corrected chi connectivity index (χ3v) is 4.24. The van der Waals surface area contributed by atoms with Gasteiger partial charge in [-0.1, -0.05) is 6.07 Å². The van der Waals surface area contributed by atoms with Crippen LogP contribution in [-0.2, 0) is 9.53 Å². The lowest BCUT2D eigenvalue weighted by molar-refractivity contribution is -0.134. The van der Waals surface area contributed by atoms with Crippen molar-refractivity contribution >= 4 is 5.91 Å². The highest BCUT2D eigenvalue weighted by molar-refractivity contribution is 5.77. The molecule has 0 aromatic carbocycles. The van der Waals surface area contributed by atoms with Crippen molar-refractivity contribution in [2.75, 3.05) is 33.4 Å². The molecular formula is C18H21N3O3. The van der Waals surface area contributed by atoms with Crippen LogP contribution in [0.2, 0.25) is 0 Å². The maximum absolute atomic E-state index is 12.2. The van der Waals surface area contributed by atoms with Crippen LogP contribution in [0.25, 0.3) is 0 Å². The zero-order valence-corrected chi connectivity index (χ0v) is 13.7. The van der Waals surface area contributed by atoms with Crippen LogP contribution >= 0.6 is 0 Å². The molecule has 24 heavy (non-hydrogen) atoms. The normalized spacial score (nSPS) is 20.1. The maximum atomic E-state index is 12.2. The molecule has 6 heteroatoms. The maximum Gasteiger partial charge on any atom is 0.248 e. The Hall–Kier alpha value is -2.47. The predicted molar refractivity (Wildman–Crippen MR) is 88.7 cm³/mol. The van der Waals surface area contributed by atoms with E-state index in [1.807, 2.05) is 35.2 Å². The first-order chi connectivity index (χ1) is 11.8. The lowest BCUT2D eigenvalue weighted by Crippen LogP contribution is -2.32. The van der Waals surface area contributed by atoms with Crippen molar-refractivity contribution in [2.24, 2.45) is 5.92 Å². The molecule has 0 bridgehead atoms. The number of nitrogens with zero attached hydrogens (tertiary/aromatic N) is 3. The van der Waals surface area contributed by atoms with Gasteiger partial charge in [-0.25, -0.2) is 0 Å². The first-order valence-corrected chi connectivity index (χ1v) is 7.98. The van der Waals surface area contributed by atoms with Gasteiger partial charge in [0.05, 0.1) is 6.61 Å². The van der Waals surface area contributed by atoms with Crippen LogP contribution in [0, 0.1) is 5.92 Å². The van der Waals surface area contributed by atoms with Gasteiger partial charge in [0.25, 0.3) is 0 Å². The van der Waals surface area contributed by atoms with E-state index in [1.54, 1.807) is 18.6 Å². The number of pyridine rings is 2. The van der Waals surface area contributed by atoms with Gasteiger partial charge in [0.15, 0.2) is 0 Å². The molecular weight excluding hydrogens is 306 g/mol. The zero-order valence-electron chi connectivity index (χ0n) is 13.7. The number of carbonyl (C=O) groups is 1. The first kappa shape index (κ1) is 16.4. The van der Waals surface area contributed by atoms with E-state index in [2.05, 4.69) is 9.97 Å². The van der Waals surface area contributed by atoms with Gasteiger partial charge in [-0.15, -0.1) is 0 Å². The SMILES string of the molecule is COCC(=O)N1C[C@@H](COc2ccncc2)[C@H](c2ccccn2)C1. The summed E-state index contributed by atoms with van der Waals surface area (Å²) in [7, 11) is 1.54. The molecule has 0 unspecified atom stereocenters. The van der Waals surface area contributed by atoms with Crippen molar-refractivity contribution in [1.29, 1.82) is 0 Å². The van der Waals surface area contributed by atoms with E-state index in [4.69, 9.17) is 9.47 Å². The molecule has 2 aromatic heterocycles. The van der Waals surface area contributed by atoms with Gasteiger partial charge in [0, 0.05) is 56.3 Å². The van der Waals surface area contributed by atoms with E-state index in [0.717, 1.165) is 11.4 Å². The van der Waals surface area contributed by atoms with Crippen molar-refractivity contribution in [2.45, 2.75) is 5.92 Å². The topological polar surface area (TPSA) is 64.5 Å². The van der Waals surface area contributed by atoms with E-state index < -0.39 is 0 Å². The Morgan fingerprint density at radius 1 is 1.21 bits per heavy atom. The molecule has 0 N–H and O–H groups in total. The van der Waals surface area contributed by atoms with Crippen LogP contribution in [0.3, 0.4) is 0 Å². The molecule has 6 nitrogen and oxygen atoms in total. The standard InChI is InChI=1S/C18H21N3O3/c1-23-13-18(22)21-10-14(12-24-15-5-8-19-9-6-15)16(11-21)17-4-2-3-7-20-17/h2-9,14,16H,10-13H2,1H3/t14-,16+/m0/s1. The van der Waals surface area contributed by atoms with Crippen LogP contribution in [0.4, 0.5) is 0 Å². The second-order valence-corrected chi connectivity index (χ2v) is 5.85. The highest BCUT2D eigenvalue weighted by Crippen LogP contribution is 2.32. The Bertz CT molecular complexity index is 651. The Balaban J connectivity index is 1.71. The van der Waals surface area contributed by atoms with Crippen molar-refractivity contribution in [1.82, 2.24) is 14.9 Å². The van der Waals surface area contributed by atoms with Crippen LogP contribution in [-0.4, -0.2) is 54.2 Å². The summed E-state index contributed by atoms with van der Waals surface area (Å²) in [5.74, 6) is 1.14. The lowest BCUT2D eigenvalue weighted by Gasteiger charge is -2.18. The zero-order chi connectivity index (χ0) is 16.8. The van der Waals surface area contributed by atoms with E-state index in [-0.39, 0.29) is 24.3 Å². The van der Waals surface area contributed by atoms with E-state index in [1.165, 1.54) is 7.11 Å². The molecule has 1 saturated heterocycles. The molecule has 126 valence electrons. The van der Waals surface area contributed by atoms with Gasteiger partial charge in [-0.05, 0) is 24.3 Å². The number of ether oxygens (including phenoxy) is 2. The third-order valence-electron chi connectivity index (χ3n) is 4.24. The number of hydrogen-bond acceptors (Lipinski definition) is 5. The fourth-order valence-corrected chi connectivity index (χ4v) is 3.03. The molecule has 3 heterocycles. The molecule has 3 rings (SSSR count). The Kier molecular flexibility index (Phi) is 5.38. The largest absolute Gasteiger partial charge is 0.493 e. The molecule has 1 fully saturated rings. The van der Waals surface area contributed by atoms with E-state index in [0.29, 0.717) is 19.7 Å². The van der Waals surface area contributed by atoms with Gasteiger partial charge in [0.2, 0.25) is 5.91 Å². The minimum atomic E-state index is 0.00448. The minimum absolute atomic E-state index is 0.00448. The monoisotopic (exact) mass is 327 g/mol. The molecule has 1 aliphatic rings. The molecule has 2 atom stereocenters. The van der Waals surface area contributed by atoms with Crippen molar-refractivity contribution in [3.05, 3.63) is 54.6 Å². The second kappa shape index (κ2) is 7.88. The van der Waals surface area contributed by atoms with Gasteiger partial charge in [0.1, 0.15) is 12.4 Å². The average Bonchev–Trinajstić information content (AvgIpc) is 3.06. The third kappa shape index (κ3) is 3.89. The van der Waals surface area contributed by atoms with Crippen LogP contribution in [0.1, 0.15) is 11.6 Å². The fourth-order valence-electron chi connectivity index (χ4n) is 3.03. The quantitative estimate of drug-likeness (QED) is 0.809. The smallest absolute Gasteiger partial charge is 0.248 e. The molecule has 2 aromatic rings. The van der Waals surface area contributed by atoms with Crippen molar-refractivity contribution in [3.63, 3.8) is 0 Å². The molecule has 0 aliphatic carbocycles. The average molecular weight is 327 g/mol. The Morgan fingerprint density at radius 3 is 2.75 bits per heavy atom. The van der Waals surface area contributed by atoms with Gasteiger partial charge in [-0.2, -0.15) is 0 Å². The van der Waals surface area contributed by atoms with Gasteiger partial charge >= 0.3 is 0 Å². The number of likely N-dealkylation sites (tertiary alicyclic amines) is 1. The van der Waals surface area contributed by atoms with Crippen molar-refractivity contribution in [3.8, 4) is 5.75 Å². The van der Waals surface area contributed by atoms with Gasteiger partial charge < -0.3 is 14.4 Å². The molecule has 0 spiro atoms. The van der Waals surface area contributed by atoms with Crippen molar-refractivity contribution < 1.29 is 14.3 Å². The lowest BCUT2D eigenvalue weighted by atomic mass is 9.93. The Labute approximate surface area is 141 Å². The highest BCUT2D eigenvalue weighted by Gasteiger charge is 2.37. The fraction of sp³-hybridized carbons (Fsp3) is 0.389. The number of methoxy groups -OCH3 is 1.